The second-order valence-corrected chi connectivity index (χ2v) is 7.68. The average molecular weight is 356 g/mol. The fraction of sp³-hybridized carbons (Fsp3) is 0.667. The van der Waals surface area contributed by atoms with E-state index in [2.05, 4.69) is 56.7 Å². The molecule has 0 saturated carbocycles. The molecule has 5 heteroatoms. The molecule has 1 N–H and O–H groups in total. The van der Waals surface area contributed by atoms with Gasteiger partial charge < -0.3 is 0 Å². The van der Waals surface area contributed by atoms with Crippen LogP contribution in [-0.2, 0) is 13.0 Å². The number of H-pyrrole nitrogens is 1. The van der Waals surface area contributed by atoms with Gasteiger partial charge in [0, 0.05) is 19.0 Å². The van der Waals surface area contributed by atoms with Crippen molar-refractivity contribution in [2.45, 2.75) is 77.2 Å². The van der Waals surface area contributed by atoms with Crippen LogP contribution in [0.25, 0.3) is 0 Å². The molecule has 1 fully saturated rings. The Morgan fingerprint density at radius 1 is 1.00 bits per heavy atom. The summed E-state index contributed by atoms with van der Waals surface area (Å²) in [5.74, 6) is 1.28. The van der Waals surface area contributed by atoms with Crippen LogP contribution in [0.1, 0.15) is 81.2 Å². The summed E-state index contributed by atoms with van der Waals surface area (Å²) in [5, 5.41) is 14.5. The summed E-state index contributed by atoms with van der Waals surface area (Å²) in [4.78, 5) is 2.49. The van der Waals surface area contributed by atoms with Crippen LogP contribution in [-0.4, -0.2) is 38.6 Å². The second-order valence-electron chi connectivity index (χ2n) is 7.68. The van der Waals surface area contributed by atoms with E-state index in [4.69, 9.17) is 0 Å². The van der Waals surface area contributed by atoms with Crippen molar-refractivity contribution in [3.8, 4) is 0 Å². The number of hydrogen-bond donors (Lipinski definition) is 1. The number of unbranched alkanes of at least 4 members (excludes halogenated alkanes) is 6. The van der Waals surface area contributed by atoms with Crippen LogP contribution in [0.4, 0.5) is 0 Å². The number of likely N-dealkylation sites (tertiary alicyclic amines) is 1. The summed E-state index contributed by atoms with van der Waals surface area (Å²) in [7, 11) is 0. The number of nitrogens with one attached hydrogen (secondary N) is 1. The zero-order valence-corrected chi connectivity index (χ0v) is 16.2. The van der Waals surface area contributed by atoms with Crippen LogP contribution < -0.4 is 0 Å². The fourth-order valence-electron chi connectivity index (χ4n) is 3.89. The minimum absolute atomic E-state index is 0.422. The predicted molar refractivity (Wildman–Crippen MR) is 105 cm³/mol. The van der Waals surface area contributed by atoms with Crippen molar-refractivity contribution >= 4 is 0 Å². The summed E-state index contributed by atoms with van der Waals surface area (Å²) in [6, 6.07) is 9.24. The van der Waals surface area contributed by atoms with Gasteiger partial charge in [-0.3, -0.25) is 4.90 Å². The molecule has 0 aliphatic carbocycles. The Labute approximate surface area is 157 Å². The monoisotopic (exact) mass is 355 g/mol. The molecular formula is C21H33N5. The number of benzene rings is 1. The second kappa shape index (κ2) is 10.4. The van der Waals surface area contributed by atoms with E-state index in [1.54, 1.807) is 0 Å². The van der Waals surface area contributed by atoms with Crippen LogP contribution in [0.3, 0.4) is 0 Å². The van der Waals surface area contributed by atoms with Crippen molar-refractivity contribution < 1.29 is 0 Å². The molecule has 3 rings (SSSR count). The predicted octanol–water partition coefficient (Wildman–Crippen LogP) is 4.48. The molecule has 1 atom stereocenters. The topological polar surface area (TPSA) is 57.7 Å². The minimum atomic E-state index is 0.422. The molecule has 2 aromatic rings. The van der Waals surface area contributed by atoms with E-state index in [1.165, 1.54) is 62.5 Å². The highest BCUT2D eigenvalue weighted by Gasteiger charge is 2.26. The Bertz CT molecular complexity index is 608. The van der Waals surface area contributed by atoms with Gasteiger partial charge in [-0.1, -0.05) is 74.9 Å². The lowest BCUT2D eigenvalue weighted by atomic mass is 10.0. The molecule has 0 radical (unpaired) electrons. The minimum Gasteiger partial charge on any atom is -0.298 e. The Kier molecular flexibility index (Phi) is 7.62. The lowest BCUT2D eigenvalue weighted by Crippen LogP contribution is -2.20. The van der Waals surface area contributed by atoms with E-state index in [0.717, 1.165) is 31.9 Å². The van der Waals surface area contributed by atoms with Crippen molar-refractivity contribution in [2.24, 2.45) is 0 Å². The van der Waals surface area contributed by atoms with Crippen LogP contribution in [0.5, 0.6) is 0 Å². The summed E-state index contributed by atoms with van der Waals surface area (Å²) >= 11 is 0. The Balaban J connectivity index is 1.34. The standard InChI is InChI=1S/C21H33N5/c1-2-3-4-5-6-7-8-9-18-10-12-19(13-11-18)16-26-15-14-20(17-26)21-22-24-25-23-21/h10-13,20H,2-9,14-17H2,1H3,(H,22,23,24,25)/t20-/m1/s1. The largest absolute Gasteiger partial charge is 0.298 e. The molecule has 1 saturated heterocycles. The maximum absolute atomic E-state index is 4.13. The van der Waals surface area contributed by atoms with Crippen molar-refractivity contribution in [3.05, 3.63) is 41.2 Å². The maximum Gasteiger partial charge on any atom is 0.178 e. The summed E-state index contributed by atoms with van der Waals surface area (Å²) < 4.78 is 0. The smallest absolute Gasteiger partial charge is 0.178 e. The normalized spacial score (nSPS) is 17.8. The Morgan fingerprint density at radius 3 is 2.46 bits per heavy atom. The number of rotatable bonds is 11. The molecule has 1 aromatic heterocycles. The summed E-state index contributed by atoms with van der Waals surface area (Å²) in [5.41, 5.74) is 2.88. The van der Waals surface area contributed by atoms with Crippen LogP contribution in [0.2, 0.25) is 0 Å². The highest BCUT2D eigenvalue weighted by Crippen LogP contribution is 2.25. The maximum atomic E-state index is 4.13. The van der Waals surface area contributed by atoms with Gasteiger partial charge in [-0.2, -0.15) is 5.21 Å². The van der Waals surface area contributed by atoms with Gasteiger partial charge in [0.25, 0.3) is 0 Å². The molecule has 0 unspecified atom stereocenters. The van der Waals surface area contributed by atoms with Crippen LogP contribution in [0.15, 0.2) is 24.3 Å². The fourth-order valence-corrected chi connectivity index (χ4v) is 3.89. The molecule has 1 aliphatic heterocycles. The van der Waals surface area contributed by atoms with Crippen molar-refractivity contribution in [1.29, 1.82) is 0 Å². The van der Waals surface area contributed by atoms with Crippen LogP contribution >= 0.6 is 0 Å². The molecule has 1 aromatic carbocycles. The first-order chi connectivity index (χ1) is 12.8. The first-order valence-electron chi connectivity index (χ1n) is 10.4. The van der Waals surface area contributed by atoms with Gasteiger partial charge in [-0.15, -0.1) is 10.2 Å². The Morgan fingerprint density at radius 2 is 1.73 bits per heavy atom. The van der Waals surface area contributed by atoms with Crippen molar-refractivity contribution in [2.75, 3.05) is 13.1 Å². The number of aryl methyl sites for hydroxylation is 1. The number of aromatic amines is 1. The van der Waals surface area contributed by atoms with Gasteiger partial charge in [0.2, 0.25) is 0 Å². The van der Waals surface area contributed by atoms with Gasteiger partial charge in [0.15, 0.2) is 5.82 Å². The molecule has 0 amide bonds. The Hall–Kier alpha value is -1.75. The van der Waals surface area contributed by atoms with E-state index < -0.39 is 0 Å². The molecule has 142 valence electrons. The van der Waals surface area contributed by atoms with Crippen LogP contribution in [0, 0.1) is 0 Å². The summed E-state index contributed by atoms with van der Waals surface area (Å²) in [6.45, 7) is 5.43. The first-order valence-corrected chi connectivity index (χ1v) is 10.4. The zero-order chi connectivity index (χ0) is 18.0. The number of nitrogens with zero attached hydrogens (tertiary/aromatic N) is 4. The zero-order valence-electron chi connectivity index (χ0n) is 16.2. The first kappa shape index (κ1) is 19.0. The third-order valence-corrected chi connectivity index (χ3v) is 5.50. The summed E-state index contributed by atoms with van der Waals surface area (Å²) in [6.07, 6.45) is 12.0. The van der Waals surface area contributed by atoms with Crippen molar-refractivity contribution in [1.82, 2.24) is 25.5 Å². The lowest BCUT2D eigenvalue weighted by Gasteiger charge is -2.15. The number of aromatic nitrogens is 4. The lowest BCUT2D eigenvalue weighted by molar-refractivity contribution is 0.325. The highest BCUT2D eigenvalue weighted by molar-refractivity contribution is 5.22. The van der Waals surface area contributed by atoms with Gasteiger partial charge in [0.1, 0.15) is 0 Å². The SMILES string of the molecule is CCCCCCCCCc1ccc(CN2CC[C@@H](c3nn[nH]n3)C2)cc1. The van der Waals surface area contributed by atoms with Gasteiger partial charge in [-0.05, 0) is 36.9 Å². The molecule has 2 heterocycles. The highest BCUT2D eigenvalue weighted by atomic mass is 15.5. The molecule has 1 aliphatic rings. The third-order valence-electron chi connectivity index (χ3n) is 5.50. The molecule has 0 spiro atoms. The molecule has 26 heavy (non-hydrogen) atoms. The quantitative estimate of drug-likeness (QED) is 0.604. The van der Waals surface area contributed by atoms with E-state index >= 15 is 0 Å². The van der Waals surface area contributed by atoms with Gasteiger partial charge in [0.05, 0.1) is 0 Å². The molecule has 0 bridgehead atoms. The van der Waals surface area contributed by atoms with Gasteiger partial charge >= 0.3 is 0 Å². The van der Waals surface area contributed by atoms with E-state index in [1.807, 2.05) is 0 Å². The average Bonchev–Trinajstić information content (AvgIpc) is 3.34. The third kappa shape index (κ3) is 5.90. The van der Waals surface area contributed by atoms with E-state index in [0.29, 0.717) is 5.92 Å². The van der Waals surface area contributed by atoms with Crippen molar-refractivity contribution in [3.63, 3.8) is 0 Å². The number of hydrogen-bond acceptors (Lipinski definition) is 4. The van der Waals surface area contributed by atoms with E-state index in [-0.39, 0.29) is 0 Å². The molecule has 5 nitrogen and oxygen atoms in total. The van der Waals surface area contributed by atoms with E-state index in [9.17, 15) is 0 Å². The van der Waals surface area contributed by atoms with Gasteiger partial charge in [-0.25, -0.2) is 0 Å². The molecular weight excluding hydrogens is 322 g/mol. The number of tetrazole rings is 1.